The van der Waals surface area contributed by atoms with Crippen LogP contribution in [0.25, 0.3) is 10.9 Å². The van der Waals surface area contributed by atoms with Crippen LogP contribution in [-0.4, -0.2) is 16.8 Å². The van der Waals surface area contributed by atoms with Crippen molar-refractivity contribution in [3.05, 3.63) is 36.0 Å². The molecule has 0 fully saturated rings. The van der Waals surface area contributed by atoms with Crippen LogP contribution in [0.1, 0.15) is 25.8 Å². The first-order chi connectivity index (χ1) is 9.37. The van der Waals surface area contributed by atoms with Crippen LogP contribution in [0, 0.1) is 0 Å². The van der Waals surface area contributed by atoms with Gasteiger partial charge >= 0.3 is 6.18 Å². The molecule has 1 aromatic heterocycles. The first-order valence-electron chi connectivity index (χ1n) is 6.74. The number of hydrogen-bond donors (Lipinski definition) is 1. The van der Waals surface area contributed by atoms with Crippen molar-refractivity contribution >= 4 is 10.9 Å². The molecule has 0 aliphatic carbocycles. The molecule has 0 spiro atoms. The monoisotopic (exact) mass is 284 g/mol. The second-order valence-electron chi connectivity index (χ2n) is 5.26. The van der Waals surface area contributed by atoms with Gasteiger partial charge in [0.25, 0.3) is 0 Å². The Morgan fingerprint density at radius 2 is 1.95 bits per heavy atom. The molecule has 0 amide bonds. The third-order valence-corrected chi connectivity index (χ3v) is 3.21. The van der Waals surface area contributed by atoms with Gasteiger partial charge in [-0.25, -0.2) is 0 Å². The van der Waals surface area contributed by atoms with Gasteiger partial charge in [0.15, 0.2) is 0 Å². The zero-order valence-corrected chi connectivity index (χ0v) is 11.7. The van der Waals surface area contributed by atoms with Crippen LogP contribution >= 0.6 is 0 Å². The van der Waals surface area contributed by atoms with E-state index in [-0.39, 0.29) is 6.54 Å². The molecule has 0 atom stereocenters. The second-order valence-corrected chi connectivity index (χ2v) is 5.26. The molecule has 0 unspecified atom stereocenters. The average Bonchev–Trinajstić information content (AvgIpc) is 2.76. The smallest absolute Gasteiger partial charge is 0.347 e. The maximum atomic E-state index is 12.4. The first-order valence-corrected chi connectivity index (χ1v) is 6.74. The predicted octanol–water partition coefficient (Wildman–Crippen LogP) is 4.09. The lowest BCUT2D eigenvalue weighted by molar-refractivity contribution is -0.136. The van der Waals surface area contributed by atoms with Gasteiger partial charge < -0.3 is 9.88 Å². The zero-order valence-electron chi connectivity index (χ0n) is 11.7. The molecule has 1 N–H and O–H groups in total. The molecule has 0 radical (unpaired) electrons. The van der Waals surface area contributed by atoms with E-state index in [9.17, 15) is 13.2 Å². The number of fused-ring (bicyclic) bond motifs is 1. The molecule has 110 valence electrons. The Bertz CT molecular complexity index is 570. The summed E-state index contributed by atoms with van der Waals surface area (Å²) in [4.78, 5) is 0. The molecule has 0 aliphatic heterocycles. The summed E-state index contributed by atoms with van der Waals surface area (Å²) in [5.41, 5.74) is 1.92. The van der Waals surface area contributed by atoms with E-state index in [2.05, 4.69) is 5.32 Å². The van der Waals surface area contributed by atoms with Crippen molar-refractivity contribution in [1.29, 1.82) is 0 Å². The van der Waals surface area contributed by atoms with Crippen molar-refractivity contribution in [3.8, 4) is 0 Å². The molecule has 0 saturated heterocycles. The molecule has 2 nitrogen and oxygen atoms in total. The van der Waals surface area contributed by atoms with Gasteiger partial charge in [-0.3, -0.25) is 0 Å². The summed E-state index contributed by atoms with van der Waals surface area (Å²) in [5, 5.41) is 4.29. The Balaban J connectivity index is 2.26. The Hall–Kier alpha value is -1.49. The molecule has 0 aliphatic rings. The Morgan fingerprint density at radius 1 is 1.20 bits per heavy atom. The first kappa shape index (κ1) is 14.9. The fraction of sp³-hybridized carbons (Fsp3) is 0.467. The molecule has 2 rings (SSSR count). The molecular formula is C15H19F3N2. The van der Waals surface area contributed by atoms with Crippen molar-refractivity contribution < 1.29 is 13.2 Å². The van der Waals surface area contributed by atoms with Gasteiger partial charge in [0.05, 0.1) is 11.9 Å². The molecule has 0 bridgehead atoms. The number of nitrogens with one attached hydrogen (secondary N) is 1. The van der Waals surface area contributed by atoms with E-state index < -0.39 is 12.6 Å². The summed E-state index contributed by atoms with van der Waals surface area (Å²) in [6.07, 6.45) is -3.19. The summed E-state index contributed by atoms with van der Waals surface area (Å²) in [6.45, 7) is 4.71. The van der Waals surface area contributed by atoms with Crippen LogP contribution in [-0.2, 0) is 13.1 Å². The van der Waals surface area contributed by atoms with Gasteiger partial charge in [-0.1, -0.05) is 32.0 Å². The minimum absolute atomic E-state index is 0.0360. The molecule has 2 aromatic rings. The highest BCUT2D eigenvalue weighted by Crippen LogP contribution is 2.25. The predicted molar refractivity (Wildman–Crippen MR) is 74.6 cm³/mol. The highest BCUT2D eigenvalue weighted by molar-refractivity contribution is 5.83. The van der Waals surface area contributed by atoms with Gasteiger partial charge in [0, 0.05) is 25.3 Å². The number of rotatable bonds is 5. The fourth-order valence-corrected chi connectivity index (χ4v) is 2.23. The van der Waals surface area contributed by atoms with E-state index in [1.807, 2.05) is 38.1 Å². The maximum Gasteiger partial charge on any atom is 0.390 e. The van der Waals surface area contributed by atoms with Crippen molar-refractivity contribution in [1.82, 2.24) is 9.88 Å². The van der Waals surface area contributed by atoms with Gasteiger partial charge in [-0.15, -0.1) is 0 Å². The summed E-state index contributed by atoms with van der Waals surface area (Å²) in [7, 11) is 0. The number of para-hydroxylation sites is 1. The molecule has 1 aromatic carbocycles. The maximum absolute atomic E-state index is 12.4. The van der Waals surface area contributed by atoms with Gasteiger partial charge in [-0.05, 0) is 17.0 Å². The Kier molecular flexibility index (Phi) is 4.38. The van der Waals surface area contributed by atoms with Crippen LogP contribution in [0.15, 0.2) is 30.5 Å². The summed E-state index contributed by atoms with van der Waals surface area (Å²) >= 11 is 0. The van der Waals surface area contributed by atoms with Crippen molar-refractivity contribution in [2.24, 2.45) is 0 Å². The lowest BCUT2D eigenvalue weighted by Crippen LogP contribution is -2.22. The number of halogens is 3. The van der Waals surface area contributed by atoms with Gasteiger partial charge in [-0.2, -0.15) is 13.2 Å². The van der Waals surface area contributed by atoms with E-state index in [0.717, 1.165) is 16.5 Å². The van der Waals surface area contributed by atoms with E-state index in [1.165, 1.54) is 0 Å². The number of benzene rings is 1. The Morgan fingerprint density at radius 3 is 2.60 bits per heavy atom. The van der Waals surface area contributed by atoms with Crippen LogP contribution < -0.4 is 5.32 Å². The number of hydrogen-bond acceptors (Lipinski definition) is 1. The standard InChI is InChI=1S/C15H19F3N2/c1-11(2)19-10-13-5-3-4-12-6-8-20(14(12)13)9-7-15(16,17)18/h3-6,8,11,19H,7,9-10H2,1-2H3. The third kappa shape index (κ3) is 3.76. The molecule has 20 heavy (non-hydrogen) atoms. The second kappa shape index (κ2) is 5.87. The largest absolute Gasteiger partial charge is 0.390 e. The number of nitrogens with zero attached hydrogens (tertiary/aromatic N) is 1. The average molecular weight is 284 g/mol. The van der Waals surface area contributed by atoms with Crippen LogP contribution in [0.4, 0.5) is 13.2 Å². The molecule has 0 saturated carbocycles. The van der Waals surface area contributed by atoms with E-state index >= 15 is 0 Å². The van der Waals surface area contributed by atoms with E-state index in [1.54, 1.807) is 10.8 Å². The van der Waals surface area contributed by atoms with Gasteiger partial charge in [0.1, 0.15) is 0 Å². The number of aryl methyl sites for hydroxylation is 1. The van der Waals surface area contributed by atoms with E-state index in [4.69, 9.17) is 0 Å². The minimum Gasteiger partial charge on any atom is -0.347 e. The van der Waals surface area contributed by atoms with Gasteiger partial charge in [0.2, 0.25) is 0 Å². The molecular weight excluding hydrogens is 265 g/mol. The third-order valence-electron chi connectivity index (χ3n) is 3.21. The van der Waals surface area contributed by atoms with E-state index in [0.29, 0.717) is 12.6 Å². The minimum atomic E-state index is -4.12. The Labute approximate surface area is 116 Å². The topological polar surface area (TPSA) is 17.0 Å². The molecule has 1 heterocycles. The van der Waals surface area contributed by atoms with Crippen LogP contribution in [0.5, 0.6) is 0 Å². The highest BCUT2D eigenvalue weighted by Gasteiger charge is 2.26. The van der Waals surface area contributed by atoms with Crippen LogP contribution in [0.3, 0.4) is 0 Å². The van der Waals surface area contributed by atoms with Crippen molar-refractivity contribution in [2.75, 3.05) is 0 Å². The molecule has 5 heteroatoms. The quantitative estimate of drug-likeness (QED) is 0.875. The SMILES string of the molecule is CC(C)NCc1cccc2ccn(CCC(F)(F)F)c12. The number of alkyl halides is 3. The summed E-state index contributed by atoms with van der Waals surface area (Å²) in [5.74, 6) is 0. The fourth-order valence-electron chi connectivity index (χ4n) is 2.23. The summed E-state index contributed by atoms with van der Waals surface area (Å²) in [6, 6.07) is 8.03. The van der Waals surface area contributed by atoms with Crippen molar-refractivity contribution in [3.63, 3.8) is 0 Å². The van der Waals surface area contributed by atoms with Crippen LogP contribution in [0.2, 0.25) is 0 Å². The van der Waals surface area contributed by atoms with Crippen molar-refractivity contribution in [2.45, 2.75) is 45.6 Å². The zero-order chi connectivity index (χ0) is 14.8. The highest BCUT2D eigenvalue weighted by atomic mass is 19.4. The normalized spacial score (nSPS) is 12.5. The number of aromatic nitrogens is 1. The lowest BCUT2D eigenvalue weighted by Gasteiger charge is -2.13. The summed E-state index contributed by atoms with van der Waals surface area (Å²) < 4.78 is 38.8. The lowest BCUT2D eigenvalue weighted by atomic mass is 10.1.